The number of hydrogen-bond acceptors (Lipinski definition) is 3. The molecule has 1 aliphatic rings. The smallest absolute Gasteiger partial charge is 0.223 e. The second kappa shape index (κ2) is 6.91. The minimum Gasteiger partial charge on any atom is -0.497 e. The van der Waals surface area contributed by atoms with Crippen molar-refractivity contribution in [1.29, 1.82) is 0 Å². The summed E-state index contributed by atoms with van der Waals surface area (Å²) in [5.74, 6) is 1.33. The van der Waals surface area contributed by atoms with Gasteiger partial charge >= 0.3 is 0 Å². The number of ether oxygens (including phenoxy) is 1. The first-order valence-corrected chi connectivity index (χ1v) is 7.31. The molecule has 1 fully saturated rings. The monoisotopic (exact) mass is 326 g/mol. The molecular formula is C14H19BrN2O2. The number of methoxy groups -OCH3 is 1. The number of rotatable bonds is 7. The molecule has 1 aliphatic carbocycles. The molecule has 0 bridgehead atoms. The zero-order valence-corrected chi connectivity index (χ0v) is 12.6. The molecule has 0 aliphatic heterocycles. The minimum absolute atomic E-state index is 0.198. The normalized spacial score (nSPS) is 14.2. The molecule has 4 nitrogen and oxygen atoms in total. The van der Waals surface area contributed by atoms with Crippen LogP contribution < -0.4 is 15.4 Å². The molecule has 5 heteroatoms. The van der Waals surface area contributed by atoms with Gasteiger partial charge in [0.15, 0.2) is 0 Å². The first-order valence-electron chi connectivity index (χ1n) is 6.51. The summed E-state index contributed by atoms with van der Waals surface area (Å²) in [5.41, 5.74) is 1.15. The maximum atomic E-state index is 11.4. The fourth-order valence-electron chi connectivity index (χ4n) is 1.80. The SMILES string of the molecule is COc1ccc(Br)c(CNCCNC(=O)C2CC2)c1. The van der Waals surface area contributed by atoms with Crippen molar-refractivity contribution in [3.8, 4) is 5.75 Å². The fraction of sp³-hybridized carbons (Fsp3) is 0.500. The van der Waals surface area contributed by atoms with Crippen LogP contribution in [0, 0.1) is 5.92 Å². The molecule has 0 unspecified atom stereocenters. The van der Waals surface area contributed by atoms with Gasteiger partial charge < -0.3 is 15.4 Å². The zero-order chi connectivity index (χ0) is 13.7. The second-order valence-electron chi connectivity index (χ2n) is 4.70. The van der Waals surface area contributed by atoms with Crippen LogP contribution in [0.25, 0.3) is 0 Å². The van der Waals surface area contributed by atoms with E-state index in [1.807, 2.05) is 18.2 Å². The Balaban J connectivity index is 1.68. The van der Waals surface area contributed by atoms with E-state index in [1.165, 1.54) is 0 Å². The van der Waals surface area contributed by atoms with Crippen LogP contribution in [0.3, 0.4) is 0 Å². The van der Waals surface area contributed by atoms with E-state index >= 15 is 0 Å². The van der Waals surface area contributed by atoms with Crippen LogP contribution in [0.2, 0.25) is 0 Å². The summed E-state index contributed by atoms with van der Waals surface area (Å²) in [6.07, 6.45) is 2.10. The molecule has 1 saturated carbocycles. The third-order valence-corrected chi connectivity index (χ3v) is 3.89. The lowest BCUT2D eigenvalue weighted by molar-refractivity contribution is -0.122. The molecule has 0 atom stereocenters. The number of nitrogens with one attached hydrogen (secondary N) is 2. The van der Waals surface area contributed by atoms with Crippen molar-refractivity contribution in [2.75, 3.05) is 20.2 Å². The Hall–Kier alpha value is -1.07. The van der Waals surface area contributed by atoms with Crippen LogP contribution in [0.15, 0.2) is 22.7 Å². The van der Waals surface area contributed by atoms with Crippen LogP contribution >= 0.6 is 15.9 Å². The maximum absolute atomic E-state index is 11.4. The summed E-state index contributed by atoms with van der Waals surface area (Å²) in [7, 11) is 1.66. The molecule has 2 N–H and O–H groups in total. The maximum Gasteiger partial charge on any atom is 0.223 e. The molecule has 1 aromatic carbocycles. The summed E-state index contributed by atoms with van der Waals surface area (Å²) < 4.78 is 6.25. The Morgan fingerprint density at radius 1 is 1.42 bits per heavy atom. The molecule has 0 spiro atoms. The van der Waals surface area contributed by atoms with Gasteiger partial charge in [0.1, 0.15) is 5.75 Å². The van der Waals surface area contributed by atoms with Crippen molar-refractivity contribution in [1.82, 2.24) is 10.6 Å². The van der Waals surface area contributed by atoms with E-state index in [9.17, 15) is 4.79 Å². The highest BCUT2D eigenvalue weighted by molar-refractivity contribution is 9.10. The molecule has 0 radical (unpaired) electrons. The summed E-state index contributed by atoms with van der Waals surface area (Å²) >= 11 is 3.51. The number of halogens is 1. The number of amides is 1. The highest BCUT2D eigenvalue weighted by Gasteiger charge is 2.28. The summed E-state index contributed by atoms with van der Waals surface area (Å²) in [5, 5.41) is 6.24. The van der Waals surface area contributed by atoms with Gasteiger partial charge in [0, 0.05) is 30.0 Å². The second-order valence-corrected chi connectivity index (χ2v) is 5.55. The Morgan fingerprint density at radius 2 is 2.21 bits per heavy atom. The fourth-order valence-corrected chi connectivity index (χ4v) is 2.19. The third kappa shape index (κ3) is 4.51. The highest BCUT2D eigenvalue weighted by Crippen LogP contribution is 2.28. The van der Waals surface area contributed by atoms with Crippen molar-refractivity contribution in [3.05, 3.63) is 28.2 Å². The van der Waals surface area contributed by atoms with Gasteiger partial charge in [0.25, 0.3) is 0 Å². The van der Waals surface area contributed by atoms with E-state index in [0.717, 1.165) is 41.7 Å². The van der Waals surface area contributed by atoms with Crippen LogP contribution in [-0.2, 0) is 11.3 Å². The van der Waals surface area contributed by atoms with Crippen molar-refractivity contribution < 1.29 is 9.53 Å². The standard InChI is InChI=1S/C14H19BrN2O2/c1-19-12-4-5-13(15)11(8-12)9-16-6-7-17-14(18)10-2-3-10/h4-5,8,10,16H,2-3,6-7,9H2,1H3,(H,17,18). The third-order valence-electron chi connectivity index (χ3n) is 3.12. The molecule has 104 valence electrons. The van der Waals surface area contributed by atoms with E-state index < -0.39 is 0 Å². The largest absolute Gasteiger partial charge is 0.497 e. The first-order chi connectivity index (χ1) is 9.20. The van der Waals surface area contributed by atoms with E-state index in [2.05, 4.69) is 26.6 Å². The van der Waals surface area contributed by atoms with Crippen LogP contribution in [0.5, 0.6) is 5.75 Å². The Labute approximate surface area is 122 Å². The van der Waals surface area contributed by atoms with E-state index in [0.29, 0.717) is 6.54 Å². The predicted molar refractivity (Wildman–Crippen MR) is 78.1 cm³/mol. The summed E-state index contributed by atoms with van der Waals surface area (Å²) in [4.78, 5) is 11.4. The quantitative estimate of drug-likeness (QED) is 0.754. The lowest BCUT2D eigenvalue weighted by Gasteiger charge is -2.09. The molecule has 2 rings (SSSR count). The van der Waals surface area contributed by atoms with Gasteiger partial charge in [-0.3, -0.25) is 4.79 Å². The molecule has 1 amide bonds. The molecule has 1 aromatic rings. The summed E-state index contributed by atoms with van der Waals surface area (Å²) in [6.45, 7) is 2.19. The average Bonchev–Trinajstić information content (AvgIpc) is 3.24. The molecule has 0 saturated heterocycles. The molecular weight excluding hydrogens is 308 g/mol. The van der Waals surface area contributed by atoms with Crippen LogP contribution in [0.1, 0.15) is 18.4 Å². The lowest BCUT2D eigenvalue weighted by atomic mass is 10.2. The first kappa shape index (κ1) is 14.3. The van der Waals surface area contributed by atoms with E-state index in [4.69, 9.17) is 4.74 Å². The van der Waals surface area contributed by atoms with Crippen LogP contribution in [0.4, 0.5) is 0 Å². The van der Waals surface area contributed by atoms with Crippen LogP contribution in [-0.4, -0.2) is 26.1 Å². The number of carbonyl (C=O) groups is 1. The van der Waals surface area contributed by atoms with Crippen molar-refractivity contribution in [2.45, 2.75) is 19.4 Å². The summed E-state index contributed by atoms with van der Waals surface area (Å²) in [6, 6.07) is 5.90. The molecule has 19 heavy (non-hydrogen) atoms. The number of benzene rings is 1. The van der Waals surface area contributed by atoms with Gasteiger partial charge in [-0.15, -0.1) is 0 Å². The predicted octanol–water partition coefficient (Wildman–Crippen LogP) is 2.07. The van der Waals surface area contributed by atoms with Gasteiger partial charge in [0.05, 0.1) is 7.11 Å². The van der Waals surface area contributed by atoms with Gasteiger partial charge in [-0.25, -0.2) is 0 Å². The zero-order valence-electron chi connectivity index (χ0n) is 11.0. The Morgan fingerprint density at radius 3 is 2.89 bits per heavy atom. The lowest BCUT2D eigenvalue weighted by Crippen LogP contribution is -2.32. The highest BCUT2D eigenvalue weighted by atomic mass is 79.9. The van der Waals surface area contributed by atoms with Crippen molar-refractivity contribution in [2.24, 2.45) is 5.92 Å². The Bertz CT molecular complexity index is 447. The van der Waals surface area contributed by atoms with Gasteiger partial charge in [0.2, 0.25) is 5.91 Å². The van der Waals surface area contributed by atoms with Gasteiger partial charge in [-0.2, -0.15) is 0 Å². The number of carbonyl (C=O) groups excluding carboxylic acids is 1. The van der Waals surface area contributed by atoms with Gasteiger partial charge in [-0.1, -0.05) is 15.9 Å². The minimum atomic E-state index is 0.198. The van der Waals surface area contributed by atoms with Crippen molar-refractivity contribution >= 4 is 21.8 Å². The molecule has 0 aromatic heterocycles. The number of hydrogen-bond donors (Lipinski definition) is 2. The molecule has 0 heterocycles. The van der Waals surface area contributed by atoms with E-state index in [1.54, 1.807) is 7.11 Å². The van der Waals surface area contributed by atoms with Gasteiger partial charge in [-0.05, 0) is 36.6 Å². The topological polar surface area (TPSA) is 50.4 Å². The van der Waals surface area contributed by atoms with Crippen molar-refractivity contribution in [3.63, 3.8) is 0 Å². The average molecular weight is 327 g/mol. The van der Waals surface area contributed by atoms with E-state index in [-0.39, 0.29) is 11.8 Å². The Kier molecular flexibility index (Phi) is 5.22.